The first-order chi connectivity index (χ1) is 12.9. The smallest absolute Gasteiger partial charge is 0.153 e. The Hall–Kier alpha value is -2.21. The van der Waals surface area contributed by atoms with Gasteiger partial charge in [0.25, 0.3) is 0 Å². The maximum Gasteiger partial charge on any atom is 0.153 e. The molecule has 1 aliphatic rings. The summed E-state index contributed by atoms with van der Waals surface area (Å²) in [7, 11) is -2.98. The normalized spacial score (nSPS) is 13.4. The second-order valence-electron chi connectivity index (χ2n) is 6.76. The minimum absolute atomic E-state index is 0.0686. The summed E-state index contributed by atoms with van der Waals surface area (Å²) in [5, 5.41) is 0. The minimum atomic E-state index is -2.98. The van der Waals surface area contributed by atoms with Gasteiger partial charge in [-0.15, -0.1) is 0 Å². The molecule has 0 fully saturated rings. The molecule has 0 N–H and O–H groups in total. The highest BCUT2D eigenvalue weighted by Crippen LogP contribution is 2.35. The van der Waals surface area contributed by atoms with Crippen LogP contribution in [-0.2, 0) is 22.7 Å². The summed E-state index contributed by atoms with van der Waals surface area (Å²) in [6.07, 6.45) is 3.48. The molecule has 0 heterocycles. The Kier molecular flexibility index (Phi) is 5.95. The summed E-state index contributed by atoms with van der Waals surface area (Å²) >= 11 is 0. The number of hydrogen-bond donors (Lipinski definition) is 0. The van der Waals surface area contributed by atoms with Crippen LogP contribution in [0.4, 0.5) is 4.39 Å². The number of carbonyl (C=O) groups is 1. The molecule has 27 heavy (non-hydrogen) atoms. The lowest BCUT2D eigenvalue weighted by Crippen LogP contribution is -2.11. The lowest BCUT2D eigenvalue weighted by Gasteiger charge is -2.13. The molecular weight excluding hydrogens is 367 g/mol. The van der Waals surface area contributed by atoms with Gasteiger partial charge in [0.2, 0.25) is 0 Å². The van der Waals surface area contributed by atoms with Crippen LogP contribution in [0.1, 0.15) is 41.3 Å². The van der Waals surface area contributed by atoms with E-state index in [1.165, 1.54) is 6.07 Å². The number of halogens is 1. The van der Waals surface area contributed by atoms with Crippen LogP contribution < -0.4 is 4.74 Å². The fourth-order valence-electron chi connectivity index (χ4n) is 3.39. The van der Waals surface area contributed by atoms with Crippen LogP contribution in [0.5, 0.6) is 5.75 Å². The molecule has 144 valence electrons. The van der Waals surface area contributed by atoms with Crippen LogP contribution in [0.25, 0.3) is 11.1 Å². The van der Waals surface area contributed by atoms with Crippen LogP contribution in [-0.4, -0.2) is 32.8 Å². The van der Waals surface area contributed by atoms with Crippen LogP contribution >= 0.6 is 0 Å². The van der Waals surface area contributed by atoms with Gasteiger partial charge in [-0.3, -0.25) is 4.79 Å². The highest BCUT2D eigenvalue weighted by molar-refractivity contribution is 7.91. The van der Waals surface area contributed by atoms with Crippen LogP contribution in [0.15, 0.2) is 30.3 Å². The van der Waals surface area contributed by atoms with Gasteiger partial charge in [-0.25, -0.2) is 12.8 Å². The average Bonchev–Trinajstić information content (AvgIpc) is 2.83. The van der Waals surface area contributed by atoms with Gasteiger partial charge in [-0.2, -0.15) is 0 Å². The van der Waals surface area contributed by atoms with E-state index >= 15 is 0 Å². The molecule has 2 aromatic carbocycles. The number of carbonyl (C=O) groups excluding carboxylic acids is 1. The van der Waals surface area contributed by atoms with Crippen molar-refractivity contribution in [1.29, 1.82) is 0 Å². The molecular formula is C21H23FO4S. The van der Waals surface area contributed by atoms with E-state index in [-0.39, 0.29) is 17.1 Å². The second kappa shape index (κ2) is 8.21. The third-order valence-electron chi connectivity index (χ3n) is 4.92. The molecule has 0 radical (unpaired) electrons. The Morgan fingerprint density at radius 2 is 1.85 bits per heavy atom. The molecule has 6 heteroatoms. The van der Waals surface area contributed by atoms with Gasteiger partial charge in [-0.1, -0.05) is 13.0 Å². The molecule has 4 nitrogen and oxygen atoms in total. The maximum absolute atomic E-state index is 13.9. The Labute approximate surface area is 159 Å². The number of aldehydes is 1. The highest BCUT2D eigenvalue weighted by Gasteiger charge is 2.18. The van der Waals surface area contributed by atoms with Gasteiger partial charge in [0, 0.05) is 5.75 Å². The lowest BCUT2D eigenvalue weighted by molar-refractivity contribution is 0.112. The molecule has 0 spiro atoms. The molecule has 0 aliphatic heterocycles. The average molecular weight is 390 g/mol. The highest BCUT2D eigenvalue weighted by atomic mass is 32.2. The number of fused-ring (bicyclic) bond motifs is 3. The van der Waals surface area contributed by atoms with Gasteiger partial charge in [0.05, 0.1) is 17.9 Å². The van der Waals surface area contributed by atoms with E-state index in [2.05, 4.69) is 0 Å². The molecule has 0 unspecified atom stereocenters. The van der Waals surface area contributed by atoms with Gasteiger partial charge in [0.1, 0.15) is 21.4 Å². The molecule has 0 bridgehead atoms. The Bertz CT molecular complexity index is 951. The number of ether oxygens (including phenoxy) is 1. The quantitative estimate of drug-likeness (QED) is 0.530. The Balaban J connectivity index is 1.79. The largest absolute Gasteiger partial charge is 0.494 e. The second-order valence-corrected chi connectivity index (χ2v) is 9.23. The van der Waals surface area contributed by atoms with Gasteiger partial charge < -0.3 is 4.74 Å². The monoisotopic (exact) mass is 390 g/mol. The zero-order valence-electron chi connectivity index (χ0n) is 15.3. The first kappa shape index (κ1) is 19.5. The summed E-state index contributed by atoms with van der Waals surface area (Å²) < 4.78 is 42.7. The van der Waals surface area contributed by atoms with Crippen LogP contribution in [0.2, 0.25) is 0 Å². The first-order valence-electron chi connectivity index (χ1n) is 9.17. The van der Waals surface area contributed by atoms with Crippen LogP contribution in [0, 0.1) is 5.82 Å². The van der Waals surface area contributed by atoms with E-state index in [4.69, 9.17) is 4.74 Å². The molecule has 3 rings (SSSR count). The van der Waals surface area contributed by atoms with E-state index < -0.39 is 15.7 Å². The van der Waals surface area contributed by atoms with Gasteiger partial charge in [-0.05, 0) is 72.2 Å². The molecule has 2 aromatic rings. The van der Waals surface area contributed by atoms with Gasteiger partial charge in [0.15, 0.2) is 6.29 Å². The molecule has 0 atom stereocenters. The zero-order valence-corrected chi connectivity index (χ0v) is 16.1. The third-order valence-corrected chi connectivity index (χ3v) is 6.71. The van der Waals surface area contributed by atoms with Crippen molar-refractivity contribution in [3.63, 3.8) is 0 Å². The van der Waals surface area contributed by atoms with Crippen molar-refractivity contribution in [2.75, 3.05) is 18.1 Å². The number of sulfone groups is 1. The zero-order chi connectivity index (χ0) is 19.4. The molecule has 0 aromatic heterocycles. The number of aryl methyl sites for hydroxylation is 2. The van der Waals surface area contributed by atoms with Crippen molar-refractivity contribution in [3.8, 4) is 16.9 Å². The summed E-state index contributed by atoms with van der Waals surface area (Å²) in [6.45, 7) is 1.98. The summed E-state index contributed by atoms with van der Waals surface area (Å²) in [5.41, 5.74) is 3.96. The molecule has 0 saturated heterocycles. The van der Waals surface area contributed by atoms with Gasteiger partial charge >= 0.3 is 0 Å². The number of rotatable bonds is 7. The third kappa shape index (κ3) is 4.56. The van der Waals surface area contributed by atoms with Crippen molar-refractivity contribution in [1.82, 2.24) is 0 Å². The van der Waals surface area contributed by atoms with E-state index in [1.54, 1.807) is 13.0 Å². The molecule has 0 amide bonds. The van der Waals surface area contributed by atoms with Crippen molar-refractivity contribution in [3.05, 3.63) is 52.8 Å². The van der Waals surface area contributed by atoms with Crippen molar-refractivity contribution >= 4 is 16.1 Å². The van der Waals surface area contributed by atoms with Crippen molar-refractivity contribution in [2.45, 2.75) is 32.6 Å². The fraction of sp³-hybridized carbons (Fsp3) is 0.381. The van der Waals surface area contributed by atoms with Crippen molar-refractivity contribution in [2.24, 2.45) is 0 Å². The number of hydrogen-bond acceptors (Lipinski definition) is 4. The number of benzene rings is 2. The van der Waals surface area contributed by atoms with E-state index in [9.17, 15) is 17.6 Å². The van der Waals surface area contributed by atoms with Crippen molar-refractivity contribution < 1.29 is 22.3 Å². The molecule has 1 aliphatic carbocycles. The Morgan fingerprint density at radius 1 is 1.11 bits per heavy atom. The summed E-state index contributed by atoms with van der Waals surface area (Å²) in [5.74, 6) is 0.495. The van der Waals surface area contributed by atoms with E-state index in [1.807, 2.05) is 18.2 Å². The minimum Gasteiger partial charge on any atom is -0.494 e. The van der Waals surface area contributed by atoms with E-state index in [0.717, 1.165) is 41.5 Å². The molecule has 0 saturated carbocycles. The van der Waals surface area contributed by atoms with Crippen LogP contribution in [0.3, 0.4) is 0 Å². The van der Waals surface area contributed by atoms with E-state index in [0.29, 0.717) is 25.1 Å². The summed E-state index contributed by atoms with van der Waals surface area (Å²) in [6, 6.07) is 8.82. The fourth-order valence-corrected chi connectivity index (χ4v) is 4.24. The first-order valence-corrected chi connectivity index (χ1v) is 11.0. The summed E-state index contributed by atoms with van der Waals surface area (Å²) in [4.78, 5) is 11.1. The topological polar surface area (TPSA) is 60.4 Å². The maximum atomic E-state index is 13.9. The predicted octanol–water partition coefficient (Wildman–Crippen LogP) is 4.00. The predicted molar refractivity (Wildman–Crippen MR) is 104 cm³/mol. The standard InChI is InChI=1S/C21H23FO4S/c1-2-27(24,25)10-4-9-26-18-7-8-19-15(11-18)5-3-6-16-13-21(22)17(14-23)12-20(16)19/h7-8,11-14H,2-6,9-10H2,1H3. The SMILES string of the molecule is CCS(=O)(=O)CCCOc1ccc2c(c1)CCCc1cc(F)c(C=O)cc1-2. The lowest BCUT2D eigenvalue weighted by atomic mass is 9.94. The Morgan fingerprint density at radius 3 is 2.56 bits per heavy atom.